The fourth-order valence-corrected chi connectivity index (χ4v) is 3.79. The maximum absolute atomic E-state index is 13.2. The molecule has 2 aromatic carbocycles. The Hall–Kier alpha value is -2.99. The van der Waals surface area contributed by atoms with Gasteiger partial charge in [-0.2, -0.15) is 0 Å². The van der Waals surface area contributed by atoms with Gasteiger partial charge in [-0.25, -0.2) is 0 Å². The van der Waals surface area contributed by atoms with E-state index in [4.69, 9.17) is 18.6 Å². The average Bonchev–Trinajstić information content (AvgIpc) is 2.73. The van der Waals surface area contributed by atoms with Crippen molar-refractivity contribution in [1.29, 1.82) is 0 Å². The van der Waals surface area contributed by atoms with Crippen molar-refractivity contribution in [2.24, 2.45) is 5.92 Å². The standard InChI is InChI=1S/C23H25NO5/c1-14(2)10-24-11-17-19(29-13-24)8-6-16-22(25)18(12-28-23(16)17)15-5-7-20(26-3)21(9-15)27-4/h5-9,12,14H,10-11,13H2,1-4H3. The van der Waals surface area contributed by atoms with Gasteiger partial charge in [0.25, 0.3) is 0 Å². The fraction of sp³-hybridized carbons (Fsp3) is 0.348. The lowest BCUT2D eigenvalue weighted by Gasteiger charge is -2.30. The number of benzene rings is 2. The molecule has 1 aromatic heterocycles. The van der Waals surface area contributed by atoms with Gasteiger partial charge in [-0.15, -0.1) is 0 Å². The lowest BCUT2D eigenvalue weighted by molar-refractivity contribution is 0.0848. The zero-order valence-electron chi connectivity index (χ0n) is 17.2. The molecule has 6 heteroatoms. The van der Waals surface area contributed by atoms with E-state index in [-0.39, 0.29) is 5.43 Å². The molecule has 1 aliphatic rings. The molecule has 1 aliphatic heterocycles. The van der Waals surface area contributed by atoms with Crippen molar-refractivity contribution in [3.05, 3.63) is 52.4 Å². The van der Waals surface area contributed by atoms with Crippen molar-refractivity contribution in [3.8, 4) is 28.4 Å². The highest BCUT2D eigenvalue weighted by molar-refractivity contribution is 5.86. The summed E-state index contributed by atoms with van der Waals surface area (Å²) >= 11 is 0. The number of fused-ring (bicyclic) bond motifs is 3. The van der Waals surface area contributed by atoms with Crippen LogP contribution in [0.5, 0.6) is 17.2 Å². The molecule has 152 valence electrons. The Morgan fingerprint density at radius 3 is 2.62 bits per heavy atom. The molecule has 29 heavy (non-hydrogen) atoms. The predicted molar refractivity (Wildman–Crippen MR) is 112 cm³/mol. The summed E-state index contributed by atoms with van der Waals surface area (Å²) < 4.78 is 22.5. The van der Waals surface area contributed by atoms with Crippen LogP contribution in [0.1, 0.15) is 19.4 Å². The zero-order valence-corrected chi connectivity index (χ0v) is 17.2. The second kappa shape index (κ2) is 7.79. The third kappa shape index (κ3) is 3.56. The maximum atomic E-state index is 13.2. The minimum Gasteiger partial charge on any atom is -0.493 e. The summed E-state index contributed by atoms with van der Waals surface area (Å²) in [6.07, 6.45) is 1.52. The van der Waals surface area contributed by atoms with Crippen LogP contribution in [0.25, 0.3) is 22.1 Å². The fourth-order valence-electron chi connectivity index (χ4n) is 3.79. The number of methoxy groups -OCH3 is 2. The second-order valence-corrected chi connectivity index (χ2v) is 7.65. The summed E-state index contributed by atoms with van der Waals surface area (Å²) in [6.45, 7) is 6.51. The first-order chi connectivity index (χ1) is 14.0. The van der Waals surface area contributed by atoms with Gasteiger partial charge >= 0.3 is 0 Å². The molecular formula is C23H25NO5. The van der Waals surface area contributed by atoms with E-state index >= 15 is 0 Å². The van der Waals surface area contributed by atoms with Gasteiger partial charge in [-0.3, -0.25) is 9.69 Å². The van der Waals surface area contributed by atoms with Crippen molar-refractivity contribution in [2.75, 3.05) is 27.5 Å². The van der Waals surface area contributed by atoms with E-state index in [1.165, 1.54) is 6.26 Å². The van der Waals surface area contributed by atoms with Gasteiger partial charge in [0.05, 0.1) is 30.7 Å². The number of hydrogen-bond donors (Lipinski definition) is 0. The summed E-state index contributed by atoms with van der Waals surface area (Å²) in [4.78, 5) is 15.5. The molecule has 2 heterocycles. The summed E-state index contributed by atoms with van der Waals surface area (Å²) in [5, 5.41) is 0.547. The van der Waals surface area contributed by atoms with Crippen LogP contribution in [0.2, 0.25) is 0 Å². The summed E-state index contributed by atoms with van der Waals surface area (Å²) in [5.74, 6) is 2.48. The predicted octanol–water partition coefficient (Wildman–Crippen LogP) is 4.29. The molecule has 0 N–H and O–H groups in total. The minimum atomic E-state index is -0.0812. The van der Waals surface area contributed by atoms with Gasteiger partial charge < -0.3 is 18.6 Å². The van der Waals surface area contributed by atoms with Gasteiger partial charge in [-0.1, -0.05) is 19.9 Å². The average molecular weight is 395 g/mol. The number of hydrogen-bond acceptors (Lipinski definition) is 6. The van der Waals surface area contributed by atoms with Gasteiger partial charge in [-0.05, 0) is 35.7 Å². The first-order valence-electron chi connectivity index (χ1n) is 9.66. The van der Waals surface area contributed by atoms with Gasteiger partial charge in [0.1, 0.15) is 24.3 Å². The Morgan fingerprint density at radius 2 is 1.90 bits per heavy atom. The monoisotopic (exact) mass is 395 g/mol. The van der Waals surface area contributed by atoms with Crippen LogP contribution in [0, 0.1) is 5.92 Å². The number of nitrogens with zero attached hydrogens (tertiary/aromatic N) is 1. The molecule has 0 spiro atoms. The highest BCUT2D eigenvalue weighted by atomic mass is 16.5. The van der Waals surface area contributed by atoms with Crippen LogP contribution in [-0.4, -0.2) is 32.4 Å². The smallest absolute Gasteiger partial charge is 0.200 e. The van der Waals surface area contributed by atoms with E-state index in [1.54, 1.807) is 32.4 Å². The van der Waals surface area contributed by atoms with E-state index < -0.39 is 0 Å². The molecule has 6 nitrogen and oxygen atoms in total. The molecule has 0 bridgehead atoms. The van der Waals surface area contributed by atoms with Crippen LogP contribution < -0.4 is 19.6 Å². The molecule has 0 saturated carbocycles. The molecule has 0 unspecified atom stereocenters. The molecule has 3 aromatic rings. The molecule has 0 atom stereocenters. The second-order valence-electron chi connectivity index (χ2n) is 7.65. The van der Waals surface area contributed by atoms with Crippen LogP contribution in [-0.2, 0) is 6.54 Å². The number of ether oxygens (including phenoxy) is 3. The first kappa shape index (κ1) is 19.3. The van der Waals surface area contributed by atoms with Crippen LogP contribution >= 0.6 is 0 Å². The Morgan fingerprint density at radius 1 is 1.10 bits per heavy atom. The lowest BCUT2D eigenvalue weighted by atomic mass is 10.0. The lowest BCUT2D eigenvalue weighted by Crippen LogP contribution is -2.34. The van der Waals surface area contributed by atoms with E-state index in [0.29, 0.717) is 52.8 Å². The van der Waals surface area contributed by atoms with Gasteiger partial charge in [0, 0.05) is 13.1 Å². The normalized spacial score (nSPS) is 14.0. The Balaban J connectivity index is 1.79. The van der Waals surface area contributed by atoms with E-state index in [2.05, 4.69) is 18.7 Å². The SMILES string of the molecule is COc1ccc(-c2coc3c4c(ccc3c2=O)OCN(CC(C)C)C4)cc1OC. The van der Waals surface area contributed by atoms with Crippen LogP contribution in [0.3, 0.4) is 0 Å². The highest BCUT2D eigenvalue weighted by Gasteiger charge is 2.23. The molecule has 4 rings (SSSR count). The summed E-state index contributed by atoms with van der Waals surface area (Å²) in [6, 6.07) is 9.03. The van der Waals surface area contributed by atoms with Crippen LogP contribution in [0.4, 0.5) is 0 Å². The van der Waals surface area contributed by atoms with Gasteiger partial charge in [0.2, 0.25) is 5.43 Å². The van der Waals surface area contributed by atoms with Gasteiger partial charge in [0.15, 0.2) is 11.5 Å². The molecule has 0 aliphatic carbocycles. The molecule has 0 radical (unpaired) electrons. The summed E-state index contributed by atoms with van der Waals surface area (Å²) in [5.41, 5.74) is 2.63. The van der Waals surface area contributed by atoms with Crippen molar-refractivity contribution in [3.63, 3.8) is 0 Å². The largest absolute Gasteiger partial charge is 0.493 e. The van der Waals surface area contributed by atoms with Crippen molar-refractivity contribution < 1.29 is 18.6 Å². The van der Waals surface area contributed by atoms with Crippen molar-refractivity contribution >= 4 is 11.0 Å². The van der Waals surface area contributed by atoms with E-state index in [1.807, 2.05) is 12.1 Å². The molecule has 0 fully saturated rings. The topological polar surface area (TPSA) is 61.1 Å². The van der Waals surface area contributed by atoms with Crippen LogP contribution in [0.15, 0.2) is 45.8 Å². The van der Waals surface area contributed by atoms with Crippen molar-refractivity contribution in [2.45, 2.75) is 20.4 Å². The van der Waals surface area contributed by atoms with Crippen molar-refractivity contribution in [1.82, 2.24) is 4.90 Å². The van der Waals surface area contributed by atoms with E-state index in [9.17, 15) is 4.79 Å². The molecular weight excluding hydrogens is 370 g/mol. The highest BCUT2D eigenvalue weighted by Crippen LogP contribution is 2.34. The quantitative estimate of drug-likeness (QED) is 0.642. The summed E-state index contributed by atoms with van der Waals surface area (Å²) in [7, 11) is 3.15. The third-order valence-corrected chi connectivity index (χ3v) is 5.10. The minimum absolute atomic E-state index is 0.0812. The third-order valence-electron chi connectivity index (χ3n) is 5.10. The Labute approximate surface area is 169 Å². The molecule has 0 saturated heterocycles. The Kier molecular flexibility index (Phi) is 5.20. The first-order valence-corrected chi connectivity index (χ1v) is 9.66. The zero-order chi connectivity index (χ0) is 20.5. The van der Waals surface area contributed by atoms with E-state index in [0.717, 1.165) is 17.9 Å². The molecule has 0 amide bonds. The number of rotatable bonds is 5. The maximum Gasteiger partial charge on any atom is 0.200 e. The Bertz CT molecular complexity index is 1100.